The fraction of sp³-hybridized carbons (Fsp3) is 0.167. The van der Waals surface area contributed by atoms with E-state index in [1.54, 1.807) is 67.8 Å². The second-order valence-corrected chi connectivity index (χ2v) is 6.26. The molecule has 0 heterocycles. The van der Waals surface area contributed by atoms with Gasteiger partial charge in [0.2, 0.25) is 5.78 Å². The van der Waals surface area contributed by atoms with Crippen molar-refractivity contribution in [3.05, 3.63) is 96.1 Å². The fourth-order valence-corrected chi connectivity index (χ4v) is 2.83. The zero-order valence-electron chi connectivity index (χ0n) is 16.1. The molecule has 0 radical (unpaired) electrons. The van der Waals surface area contributed by atoms with Crippen molar-refractivity contribution in [3.8, 4) is 11.5 Å². The Hall–Kier alpha value is -3.60. The molecule has 0 amide bonds. The first-order chi connectivity index (χ1) is 14.2. The highest BCUT2D eigenvalue weighted by Crippen LogP contribution is 2.26. The van der Waals surface area contributed by atoms with Crippen LogP contribution in [0.15, 0.2) is 84.9 Å². The van der Waals surface area contributed by atoms with E-state index < -0.39 is 12.1 Å². The lowest BCUT2D eigenvalue weighted by atomic mass is 10.00. The van der Waals surface area contributed by atoms with Crippen molar-refractivity contribution >= 4 is 11.8 Å². The Bertz CT molecular complexity index is 938. The van der Waals surface area contributed by atoms with Gasteiger partial charge in [-0.25, -0.2) is 0 Å². The zero-order valence-corrected chi connectivity index (χ0v) is 16.1. The summed E-state index contributed by atoms with van der Waals surface area (Å²) in [6.07, 6.45) is -0.999. The van der Waals surface area contributed by atoms with Gasteiger partial charge in [-0.2, -0.15) is 0 Å². The molecule has 148 valence electrons. The average Bonchev–Trinajstić information content (AvgIpc) is 2.78. The number of carbonyl (C=O) groups excluding carboxylic acids is 2. The van der Waals surface area contributed by atoms with E-state index in [4.69, 9.17) is 14.2 Å². The molecule has 1 unspecified atom stereocenters. The monoisotopic (exact) mass is 390 g/mol. The van der Waals surface area contributed by atoms with E-state index in [2.05, 4.69) is 0 Å². The van der Waals surface area contributed by atoms with Crippen LogP contribution in [0.25, 0.3) is 0 Å². The SMILES string of the molecule is COc1ccccc1OCCC(=O)OC(C(=O)c1ccccc1)c1ccccc1. The Balaban J connectivity index is 1.66. The first-order valence-corrected chi connectivity index (χ1v) is 9.28. The van der Waals surface area contributed by atoms with Crippen molar-refractivity contribution < 1.29 is 23.8 Å². The molecule has 0 aliphatic heterocycles. The van der Waals surface area contributed by atoms with Crippen molar-refractivity contribution in [1.29, 1.82) is 0 Å². The predicted molar refractivity (Wildman–Crippen MR) is 109 cm³/mol. The molecule has 5 nitrogen and oxygen atoms in total. The summed E-state index contributed by atoms with van der Waals surface area (Å²) in [7, 11) is 1.55. The third kappa shape index (κ3) is 5.45. The first-order valence-electron chi connectivity index (χ1n) is 9.28. The number of ketones is 1. The zero-order chi connectivity index (χ0) is 20.5. The van der Waals surface area contributed by atoms with Crippen LogP contribution in [0.3, 0.4) is 0 Å². The molecule has 0 aliphatic carbocycles. The predicted octanol–water partition coefficient (Wildman–Crippen LogP) is 4.63. The van der Waals surface area contributed by atoms with Gasteiger partial charge in [0.05, 0.1) is 20.1 Å². The van der Waals surface area contributed by atoms with Gasteiger partial charge in [0.1, 0.15) is 0 Å². The normalized spacial score (nSPS) is 11.3. The van der Waals surface area contributed by atoms with Crippen LogP contribution in [0.2, 0.25) is 0 Å². The maximum absolute atomic E-state index is 12.9. The van der Waals surface area contributed by atoms with Crippen molar-refractivity contribution in [2.24, 2.45) is 0 Å². The highest BCUT2D eigenvalue weighted by Gasteiger charge is 2.26. The Kier molecular flexibility index (Phi) is 7.00. The van der Waals surface area contributed by atoms with Gasteiger partial charge in [-0.1, -0.05) is 72.8 Å². The van der Waals surface area contributed by atoms with Gasteiger partial charge in [-0.05, 0) is 12.1 Å². The van der Waals surface area contributed by atoms with Crippen LogP contribution < -0.4 is 9.47 Å². The van der Waals surface area contributed by atoms with Gasteiger partial charge in [0.15, 0.2) is 17.6 Å². The number of hydrogen-bond donors (Lipinski definition) is 0. The minimum absolute atomic E-state index is 0.00342. The van der Waals surface area contributed by atoms with Gasteiger partial charge in [-0.3, -0.25) is 9.59 Å². The standard InChI is InChI=1S/C24H22O5/c1-27-20-14-8-9-15-21(20)28-17-16-22(25)29-24(19-12-6-3-7-13-19)23(26)18-10-4-2-5-11-18/h2-15,24H,16-17H2,1H3. The van der Waals surface area contributed by atoms with Crippen LogP contribution in [0.1, 0.15) is 28.4 Å². The number of hydrogen-bond acceptors (Lipinski definition) is 5. The van der Waals surface area contributed by atoms with E-state index in [0.717, 1.165) is 0 Å². The van der Waals surface area contributed by atoms with Crippen LogP contribution in [0.5, 0.6) is 11.5 Å². The van der Waals surface area contributed by atoms with Gasteiger partial charge in [-0.15, -0.1) is 0 Å². The molecule has 0 spiro atoms. The highest BCUT2D eigenvalue weighted by molar-refractivity contribution is 6.00. The molecular weight excluding hydrogens is 368 g/mol. The molecule has 0 saturated carbocycles. The Morgan fingerprint density at radius 1 is 0.793 bits per heavy atom. The Labute approximate surface area is 169 Å². The lowest BCUT2D eigenvalue weighted by Crippen LogP contribution is -2.21. The number of esters is 1. The van der Waals surface area contributed by atoms with Crippen LogP contribution in [0.4, 0.5) is 0 Å². The largest absolute Gasteiger partial charge is 0.493 e. The lowest BCUT2D eigenvalue weighted by Gasteiger charge is -2.18. The lowest BCUT2D eigenvalue weighted by molar-refractivity contribution is -0.147. The Morgan fingerprint density at radius 3 is 2.03 bits per heavy atom. The van der Waals surface area contributed by atoms with Crippen LogP contribution in [-0.2, 0) is 9.53 Å². The van der Waals surface area contributed by atoms with Crippen LogP contribution in [-0.4, -0.2) is 25.5 Å². The maximum atomic E-state index is 12.9. The summed E-state index contributed by atoms with van der Waals surface area (Å²) in [4.78, 5) is 25.4. The van der Waals surface area contributed by atoms with Crippen molar-refractivity contribution in [2.45, 2.75) is 12.5 Å². The van der Waals surface area contributed by atoms with E-state index >= 15 is 0 Å². The third-order valence-corrected chi connectivity index (χ3v) is 4.28. The van der Waals surface area contributed by atoms with Crippen LogP contribution in [0, 0.1) is 0 Å². The van der Waals surface area contributed by atoms with Gasteiger partial charge in [0, 0.05) is 11.1 Å². The van der Waals surface area contributed by atoms with Crippen LogP contribution >= 0.6 is 0 Å². The molecule has 3 aromatic rings. The summed E-state index contributed by atoms with van der Waals surface area (Å²) in [6.45, 7) is 0.111. The molecule has 0 N–H and O–H groups in total. The van der Waals surface area contributed by atoms with Crippen molar-refractivity contribution in [1.82, 2.24) is 0 Å². The number of rotatable bonds is 9. The van der Waals surface area contributed by atoms with E-state index in [1.807, 2.05) is 24.3 Å². The van der Waals surface area contributed by atoms with Gasteiger partial charge in [0.25, 0.3) is 0 Å². The maximum Gasteiger partial charge on any atom is 0.310 e. The second kappa shape index (κ2) is 10.1. The molecular formula is C24H22O5. The number of Topliss-reactive ketones (excluding diaryl/α,β-unsaturated/α-hetero) is 1. The van der Waals surface area contributed by atoms with E-state index in [1.165, 1.54) is 0 Å². The van der Waals surface area contributed by atoms with Crippen molar-refractivity contribution in [2.75, 3.05) is 13.7 Å². The van der Waals surface area contributed by atoms with Gasteiger partial charge >= 0.3 is 5.97 Å². The van der Waals surface area contributed by atoms with E-state index in [-0.39, 0.29) is 18.8 Å². The quantitative estimate of drug-likeness (QED) is 0.394. The molecule has 5 heteroatoms. The highest BCUT2D eigenvalue weighted by atomic mass is 16.6. The summed E-state index contributed by atoms with van der Waals surface area (Å²) in [6, 6.07) is 25.0. The number of methoxy groups -OCH3 is 1. The summed E-state index contributed by atoms with van der Waals surface area (Å²) in [5, 5.41) is 0. The summed E-state index contributed by atoms with van der Waals surface area (Å²) < 4.78 is 16.4. The number of benzene rings is 3. The molecule has 3 rings (SSSR count). The molecule has 3 aromatic carbocycles. The molecule has 1 atom stereocenters. The minimum Gasteiger partial charge on any atom is -0.493 e. The number of para-hydroxylation sites is 2. The Morgan fingerprint density at radius 2 is 1.38 bits per heavy atom. The second-order valence-electron chi connectivity index (χ2n) is 6.26. The van der Waals surface area contributed by atoms with Gasteiger partial charge < -0.3 is 14.2 Å². The molecule has 0 aromatic heterocycles. The molecule has 0 fully saturated rings. The third-order valence-electron chi connectivity index (χ3n) is 4.28. The first kappa shape index (κ1) is 20.1. The molecule has 0 bridgehead atoms. The molecule has 0 saturated heterocycles. The average molecular weight is 390 g/mol. The molecule has 0 aliphatic rings. The van der Waals surface area contributed by atoms with E-state index in [9.17, 15) is 9.59 Å². The minimum atomic E-state index is -1.00. The topological polar surface area (TPSA) is 61.8 Å². The van der Waals surface area contributed by atoms with Crippen molar-refractivity contribution in [3.63, 3.8) is 0 Å². The number of carbonyl (C=O) groups is 2. The smallest absolute Gasteiger partial charge is 0.310 e. The summed E-state index contributed by atoms with van der Waals surface area (Å²) >= 11 is 0. The summed E-state index contributed by atoms with van der Waals surface area (Å²) in [5.74, 6) is 0.346. The fourth-order valence-electron chi connectivity index (χ4n) is 2.83. The number of ether oxygens (including phenoxy) is 3. The summed E-state index contributed by atoms with van der Waals surface area (Å²) in [5.41, 5.74) is 1.11. The molecule has 29 heavy (non-hydrogen) atoms. The van der Waals surface area contributed by atoms with E-state index in [0.29, 0.717) is 22.6 Å².